The maximum absolute atomic E-state index is 12.1. The number of fused-ring (bicyclic) bond motifs is 1. The van der Waals surface area contributed by atoms with Crippen LogP contribution in [0.4, 0.5) is 0 Å². The van der Waals surface area contributed by atoms with Gasteiger partial charge in [-0.05, 0) is 26.7 Å². The summed E-state index contributed by atoms with van der Waals surface area (Å²) in [6.07, 6.45) is 1.07. The lowest BCUT2D eigenvalue weighted by atomic mass is 9.78. The second kappa shape index (κ2) is 3.21. The summed E-state index contributed by atoms with van der Waals surface area (Å²) < 4.78 is 0. The molecule has 0 bridgehead atoms. The molecular formula is C11H14N2O3. The summed E-state index contributed by atoms with van der Waals surface area (Å²) in [5.41, 5.74) is -0.756. The van der Waals surface area contributed by atoms with E-state index >= 15 is 0 Å². The topological polar surface area (TPSA) is 81.4 Å². The van der Waals surface area contributed by atoms with Crippen molar-refractivity contribution in [2.45, 2.75) is 38.8 Å². The van der Waals surface area contributed by atoms with E-state index in [1.54, 1.807) is 13.8 Å². The fourth-order valence-electron chi connectivity index (χ4n) is 2.89. The van der Waals surface area contributed by atoms with E-state index in [4.69, 9.17) is 10.4 Å². The van der Waals surface area contributed by atoms with Crippen LogP contribution in [0.3, 0.4) is 0 Å². The van der Waals surface area contributed by atoms with Gasteiger partial charge in [0.25, 0.3) is 0 Å². The van der Waals surface area contributed by atoms with Gasteiger partial charge < -0.3 is 10.0 Å². The van der Waals surface area contributed by atoms with Crippen molar-refractivity contribution in [1.29, 1.82) is 5.26 Å². The van der Waals surface area contributed by atoms with Crippen molar-refractivity contribution in [2.24, 2.45) is 11.3 Å². The zero-order valence-corrected chi connectivity index (χ0v) is 9.30. The van der Waals surface area contributed by atoms with Crippen LogP contribution in [0.2, 0.25) is 0 Å². The first-order valence-electron chi connectivity index (χ1n) is 5.36. The Kier molecular flexibility index (Phi) is 2.19. The van der Waals surface area contributed by atoms with Gasteiger partial charge in [0, 0.05) is 6.04 Å². The second-order valence-electron chi connectivity index (χ2n) is 5.04. The number of carboxylic acids is 1. The minimum atomic E-state index is -0.967. The van der Waals surface area contributed by atoms with E-state index < -0.39 is 23.3 Å². The fourth-order valence-corrected chi connectivity index (χ4v) is 2.89. The Balaban J connectivity index is 2.39. The third kappa shape index (κ3) is 1.16. The summed E-state index contributed by atoms with van der Waals surface area (Å²) in [7, 11) is 0. The highest BCUT2D eigenvalue weighted by atomic mass is 16.4. The number of carboxylic acid groups (broad SMARTS) is 1. The fraction of sp³-hybridized carbons (Fsp3) is 0.727. The van der Waals surface area contributed by atoms with Gasteiger partial charge in [-0.3, -0.25) is 4.79 Å². The zero-order chi connectivity index (χ0) is 12.1. The summed E-state index contributed by atoms with van der Waals surface area (Å²) >= 11 is 0. The van der Waals surface area contributed by atoms with Crippen molar-refractivity contribution >= 4 is 11.9 Å². The minimum Gasteiger partial charge on any atom is -0.480 e. The zero-order valence-electron chi connectivity index (χ0n) is 9.30. The number of rotatable bonds is 1. The van der Waals surface area contributed by atoms with Crippen LogP contribution in [0.25, 0.3) is 0 Å². The Bertz CT molecular complexity index is 397. The number of carbonyl (C=O) groups excluding carboxylic acids is 1. The summed E-state index contributed by atoms with van der Waals surface area (Å²) in [6.45, 7) is 3.45. The molecule has 0 aromatic rings. The molecule has 5 heteroatoms. The number of hydrogen-bond donors (Lipinski definition) is 1. The van der Waals surface area contributed by atoms with Crippen LogP contribution in [-0.2, 0) is 9.59 Å². The third-order valence-electron chi connectivity index (χ3n) is 3.80. The largest absolute Gasteiger partial charge is 0.480 e. The van der Waals surface area contributed by atoms with Gasteiger partial charge in [0.05, 0.1) is 17.4 Å². The molecule has 0 spiro atoms. The van der Waals surface area contributed by atoms with Gasteiger partial charge in [-0.2, -0.15) is 5.26 Å². The normalized spacial score (nSPS) is 35.9. The molecule has 2 aliphatic heterocycles. The van der Waals surface area contributed by atoms with E-state index in [2.05, 4.69) is 6.07 Å². The van der Waals surface area contributed by atoms with Crippen molar-refractivity contribution in [3.05, 3.63) is 0 Å². The molecule has 1 N–H and O–H groups in total. The lowest BCUT2D eigenvalue weighted by Gasteiger charge is -2.22. The summed E-state index contributed by atoms with van der Waals surface area (Å²) in [6, 6.07) is 1.21. The minimum absolute atomic E-state index is 0.200. The maximum Gasteiger partial charge on any atom is 0.326 e. The number of hydrogen-bond acceptors (Lipinski definition) is 3. The Labute approximate surface area is 93.6 Å². The van der Waals surface area contributed by atoms with E-state index in [0.29, 0.717) is 12.8 Å². The average molecular weight is 222 g/mol. The molecule has 0 aromatic carbocycles. The van der Waals surface area contributed by atoms with Crippen LogP contribution < -0.4 is 0 Å². The smallest absolute Gasteiger partial charge is 0.326 e. The van der Waals surface area contributed by atoms with Crippen LogP contribution in [0.5, 0.6) is 0 Å². The molecular weight excluding hydrogens is 208 g/mol. The SMILES string of the molecule is CC1(C)C(=O)N2C(C(=O)O)CCC2C1C#N. The molecule has 0 saturated carbocycles. The number of nitrogens with zero attached hydrogens (tertiary/aromatic N) is 2. The van der Waals surface area contributed by atoms with Crippen molar-refractivity contribution in [2.75, 3.05) is 0 Å². The first-order chi connectivity index (χ1) is 7.41. The molecule has 5 nitrogen and oxygen atoms in total. The highest BCUT2D eigenvalue weighted by Crippen LogP contribution is 2.47. The lowest BCUT2D eigenvalue weighted by molar-refractivity contribution is -0.149. The molecule has 0 aliphatic carbocycles. The van der Waals surface area contributed by atoms with Gasteiger partial charge >= 0.3 is 5.97 Å². The van der Waals surface area contributed by atoms with E-state index in [1.165, 1.54) is 4.90 Å². The van der Waals surface area contributed by atoms with E-state index in [9.17, 15) is 9.59 Å². The number of nitriles is 1. The quantitative estimate of drug-likeness (QED) is 0.704. The van der Waals surface area contributed by atoms with E-state index in [-0.39, 0.29) is 11.9 Å². The van der Waals surface area contributed by atoms with Crippen molar-refractivity contribution in [3.63, 3.8) is 0 Å². The van der Waals surface area contributed by atoms with Crippen LogP contribution >= 0.6 is 0 Å². The van der Waals surface area contributed by atoms with Gasteiger partial charge in [-0.25, -0.2) is 4.79 Å². The summed E-state index contributed by atoms with van der Waals surface area (Å²) in [5.74, 6) is -1.57. The predicted octanol–water partition coefficient (Wildman–Crippen LogP) is 0.610. The monoisotopic (exact) mass is 222 g/mol. The van der Waals surface area contributed by atoms with Gasteiger partial charge in [0.15, 0.2) is 0 Å². The first-order valence-corrected chi connectivity index (χ1v) is 5.36. The molecule has 2 rings (SSSR count). The molecule has 2 fully saturated rings. The highest BCUT2D eigenvalue weighted by molar-refractivity contribution is 5.90. The molecule has 2 aliphatic rings. The summed E-state index contributed by atoms with van der Waals surface area (Å²) in [5, 5.41) is 18.1. The van der Waals surface area contributed by atoms with Crippen LogP contribution in [-0.4, -0.2) is 34.0 Å². The number of amides is 1. The summed E-state index contributed by atoms with van der Waals surface area (Å²) in [4.78, 5) is 24.5. The van der Waals surface area contributed by atoms with Gasteiger partial charge in [-0.1, -0.05) is 0 Å². The Morgan fingerprint density at radius 2 is 2.19 bits per heavy atom. The third-order valence-corrected chi connectivity index (χ3v) is 3.80. The van der Waals surface area contributed by atoms with Crippen LogP contribution in [0, 0.1) is 22.7 Å². The Hall–Kier alpha value is -1.57. The number of carbonyl (C=O) groups is 2. The molecule has 86 valence electrons. The van der Waals surface area contributed by atoms with Crippen molar-refractivity contribution < 1.29 is 14.7 Å². The highest BCUT2D eigenvalue weighted by Gasteiger charge is 2.59. The van der Waals surface area contributed by atoms with E-state index in [0.717, 1.165) is 0 Å². The molecule has 1 amide bonds. The Morgan fingerprint density at radius 3 is 2.69 bits per heavy atom. The molecule has 0 aromatic heterocycles. The van der Waals surface area contributed by atoms with Crippen LogP contribution in [0.15, 0.2) is 0 Å². The molecule has 0 radical (unpaired) electrons. The lowest BCUT2D eigenvalue weighted by Crippen LogP contribution is -2.42. The maximum atomic E-state index is 12.1. The van der Waals surface area contributed by atoms with Crippen molar-refractivity contribution in [1.82, 2.24) is 4.90 Å². The molecule has 16 heavy (non-hydrogen) atoms. The molecule has 3 atom stereocenters. The molecule has 2 saturated heterocycles. The first kappa shape index (κ1) is 10.9. The molecule has 3 unspecified atom stereocenters. The van der Waals surface area contributed by atoms with Crippen LogP contribution in [0.1, 0.15) is 26.7 Å². The predicted molar refractivity (Wildman–Crippen MR) is 54.2 cm³/mol. The van der Waals surface area contributed by atoms with Gasteiger partial charge in [-0.15, -0.1) is 0 Å². The van der Waals surface area contributed by atoms with Gasteiger partial charge in [0.2, 0.25) is 5.91 Å². The standard InChI is InChI=1S/C11H14N2O3/c1-11(2)6(5-12)7-3-4-8(9(14)15)13(7)10(11)16/h6-8H,3-4H2,1-2H3,(H,14,15). The van der Waals surface area contributed by atoms with E-state index in [1.807, 2.05) is 0 Å². The molecule has 2 heterocycles. The second-order valence-corrected chi connectivity index (χ2v) is 5.04. The number of aliphatic carboxylic acids is 1. The van der Waals surface area contributed by atoms with Crippen molar-refractivity contribution in [3.8, 4) is 6.07 Å². The average Bonchev–Trinajstić information content (AvgIpc) is 2.67. The Morgan fingerprint density at radius 1 is 1.56 bits per heavy atom. The van der Waals surface area contributed by atoms with Gasteiger partial charge in [0.1, 0.15) is 6.04 Å².